The minimum atomic E-state index is -3.86. The van der Waals surface area contributed by atoms with Crippen molar-refractivity contribution in [3.8, 4) is 16.2 Å². The van der Waals surface area contributed by atoms with Gasteiger partial charge in [-0.05, 0) is 61.7 Å². The maximum Gasteiger partial charge on any atom is 0.407 e. The van der Waals surface area contributed by atoms with E-state index >= 15 is 0 Å². The molecule has 4 aromatic rings. The summed E-state index contributed by atoms with van der Waals surface area (Å²) < 4.78 is 40.2. The second-order valence-electron chi connectivity index (χ2n) is 10.6. The van der Waals surface area contributed by atoms with Crippen molar-refractivity contribution < 1.29 is 32.6 Å². The van der Waals surface area contributed by atoms with Gasteiger partial charge < -0.3 is 19.9 Å². The first-order chi connectivity index (χ1) is 20.3. The standard InChI is InChI=1S/C29H33N5O7S2/c1-29(2,3)41-28(37)30-16-20-5-9-21(10-6-20)25-13-14-26(42-25)43(38,39)31-17-22-18-34(33-32-22)24(27(36)40-4)15-19-7-11-23(35)12-8-19/h5-14,18,24,31,35H,15-17H2,1-4H3,(H,30,37)/t24-/m0/s1. The van der Waals surface area contributed by atoms with E-state index in [1.54, 1.807) is 39.0 Å². The van der Waals surface area contributed by atoms with E-state index in [9.17, 15) is 23.1 Å². The lowest BCUT2D eigenvalue weighted by atomic mass is 10.1. The first-order valence-electron chi connectivity index (χ1n) is 13.2. The highest BCUT2D eigenvalue weighted by molar-refractivity contribution is 7.91. The number of aromatic nitrogens is 3. The van der Waals surface area contributed by atoms with Gasteiger partial charge in [0, 0.05) is 17.8 Å². The van der Waals surface area contributed by atoms with E-state index in [0.29, 0.717) is 12.2 Å². The Morgan fingerprint density at radius 1 is 1.00 bits per heavy atom. The summed E-state index contributed by atoms with van der Waals surface area (Å²) in [5.74, 6) is -0.433. The second-order valence-corrected chi connectivity index (χ2v) is 13.7. The van der Waals surface area contributed by atoms with Crippen LogP contribution in [0.5, 0.6) is 5.75 Å². The lowest BCUT2D eigenvalue weighted by Gasteiger charge is -2.19. The van der Waals surface area contributed by atoms with Gasteiger partial charge in [-0.3, -0.25) is 0 Å². The molecule has 2 aromatic carbocycles. The van der Waals surface area contributed by atoms with Crippen LogP contribution >= 0.6 is 11.3 Å². The molecule has 4 rings (SSSR count). The Labute approximate surface area is 253 Å². The van der Waals surface area contributed by atoms with Crippen molar-refractivity contribution in [1.29, 1.82) is 0 Å². The highest BCUT2D eigenvalue weighted by Crippen LogP contribution is 2.31. The number of nitrogens with zero attached hydrogens (tertiary/aromatic N) is 3. The number of amides is 1. The van der Waals surface area contributed by atoms with Crippen LogP contribution in [0.25, 0.3) is 10.4 Å². The number of hydrogen-bond acceptors (Lipinski definition) is 10. The fourth-order valence-electron chi connectivity index (χ4n) is 3.96. The Balaban J connectivity index is 1.36. The number of methoxy groups -OCH3 is 1. The quantitative estimate of drug-likeness (QED) is 0.207. The minimum absolute atomic E-state index is 0.106. The Kier molecular flexibility index (Phi) is 9.84. The van der Waals surface area contributed by atoms with Crippen LogP contribution in [0.2, 0.25) is 0 Å². The summed E-state index contributed by atoms with van der Waals surface area (Å²) in [7, 11) is -2.59. The fraction of sp³-hybridized carbons (Fsp3) is 0.310. The molecule has 1 amide bonds. The van der Waals surface area contributed by atoms with Gasteiger partial charge in [0.1, 0.15) is 15.6 Å². The molecule has 0 aliphatic rings. The predicted octanol–water partition coefficient (Wildman–Crippen LogP) is 4.17. The van der Waals surface area contributed by atoms with Crippen LogP contribution in [0.1, 0.15) is 43.6 Å². The lowest BCUT2D eigenvalue weighted by molar-refractivity contribution is -0.144. The van der Waals surface area contributed by atoms with Crippen molar-refractivity contribution in [2.45, 2.75) is 56.1 Å². The van der Waals surface area contributed by atoms with Crippen molar-refractivity contribution in [2.24, 2.45) is 0 Å². The highest BCUT2D eigenvalue weighted by atomic mass is 32.2. The maximum atomic E-state index is 13.0. The third kappa shape index (κ3) is 8.86. The number of esters is 1. The molecule has 2 heterocycles. The molecule has 14 heteroatoms. The summed E-state index contributed by atoms with van der Waals surface area (Å²) >= 11 is 1.12. The van der Waals surface area contributed by atoms with Gasteiger partial charge in [-0.25, -0.2) is 27.4 Å². The molecular formula is C29H33N5O7S2. The van der Waals surface area contributed by atoms with E-state index in [1.165, 1.54) is 36.2 Å². The van der Waals surface area contributed by atoms with Gasteiger partial charge >= 0.3 is 12.1 Å². The SMILES string of the molecule is COC(=O)[C@H](Cc1ccc(O)cc1)n1cc(CNS(=O)(=O)c2ccc(-c3ccc(CNC(=O)OC(C)(C)C)cc3)s2)nn1. The van der Waals surface area contributed by atoms with E-state index in [-0.39, 0.29) is 22.9 Å². The van der Waals surface area contributed by atoms with Crippen molar-refractivity contribution in [3.05, 3.63) is 83.7 Å². The number of rotatable bonds is 11. The number of phenols is 1. The Morgan fingerprint density at radius 3 is 2.33 bits per heavy atom. The van der Waals surface area contributed by atoms with E-state index in [4.69, 9.17) is 9.47 Å². The number of ether oxygens (including phenoxy) is 2. The van der Waals surface area contributed by atoms with Crippen molar-refractivity contribution in [2.75, 3.05) is 7.11 Å². The molecule has 228 valence electrons. The molecule has 2 aromatic heterocycles. The zero-order chi connectivity index (χ0) is 31.2. The molecule has 0 saturated carbocycles. The maximum absolute atomic E-state index is 13.0. The summed E-state index contributed by atoms with van der Waals surface area (Å²) in [6.07, 6.45) is 1.22. The molecule has 1 atom stereocenters. The summed E-state index contributed by atoms with van der Waals surface area (Å²) in [5.41, 5.74) is 2.20. The molecule has 0 fully saturated rings. The van der Waals surface area contributed by atoms with Crippen LogP contribution in [0.4, 0.5) is 4.79 Å². The molecule has 0 aliphatic heterocycles. The number of aromatic hydroxyl groups is 1. The van der Waals surface area contributed by atoms with Gasteiger partial charge in [0.25, 0.3) is 0 Å². The summed E-state index contributed by atoms with van der Waals surface area (Å²) in [6.45, 7) is 5.54. The normalized spacial score (nSPS) is 12.5. The molecule has 12 nitrogen and oxygen atoms in total. The lowest BCUT2D eigenvalue weighted by Crippen LogP contribution is -2.32. The third-order valence-corrected chi connectivity index (χ3v) is 9.11. The summed E-state index contributed by atoms with van der Waals surface area (Å²) in [5, 5.41) is 20.3. The van der Waals surface area contributed by atoms with Gasteiger partial charge in [0.15, 0.2) is 6.04 Å². The second kappa shape index (κ2) is 13.4. The van der Waals surface area contributed by atoms with Crippen molar-refractivity contribution in [1.82, 2.24) is 25.0 Å². The van der Waals surface area contributed by atoms with Crippen LogP contribution in [-0.4, -0.2) is 53.3 Å². The largest absolute Gasteiger partial charge is 0.508 e. The number of alkyl carbamates (subject to hydrolysis) is 1. The number of carbonyl (C=O) groups excluding carboxylic acids is 2. The number of benzene rings is 2. The van der Waals surface area contributed by atoms with Crippen LogP contribution in [0.3, 0.4) is 0 Å². The van der Waals surface area contributed by atoms with E-state index < -0.39 is 33.7 Å². The number of carbonyl (C=O) groups is 2. The van der Waals surface area contributed by atoms with E-state index in [1.807, 2.05) is 24.3 Å². The van der Waals surface area contributed by atoms with Crippen LogP contribution < -0.4 is 10.0 Å². The van der Waals surface area contributed by atoms with Crippen LogP contribution in [0, 0.1) is 0 Å². The molecule has 0 saturated heterocycles. The Hall–Kier alpha value is -4.27. The molecule has 0 unspecified atom stereocenters. The number of thiophene rings is 1. The number of phenolic OH excluding ortho intramolecular Hbond substituents is 1. The third-order valence-electron chi connectivity index (χ3n) is 6.08. The molecular weight excluding hydrogens is 594 g/mol. The first kappa shape index (κ1) is 31.7. The molecule has 3 N–H and O–H groups in total. The topological polar surface area (TPSA) is 162 Å². The monoisotopic (exact) mass is 627 g/mol. The highest BCUT2D eigenvalue weighted by Gasteiger charge is 2.24. The molecule has 0 spiro atoms. The van der Waals surface area contributed by atoms with Gasteiger partial charge in [0.2, 0.25) is 10.0 Å². The van der Waals surface area contributed by atoms with Gasteiger partial charge in [-0.1, -0.05) is 41.6 Å². The Morgan fingerprint density at radius 2 is 1.67 bits per heavy atom. The predicted molar refractivity (Wildman–Crippen MR) is 160 cm³/mol. The average Bonchev–Trinajstić information content (AvgIpc) is 3.65. The van der Waals surface area contributed by atoms with Crippen molar-refractivity contribution >= 4 is 33.4 Å². The Bertz CT molecular complexity index is 1660. The summed E-state index contributed by atoms with van der Waals surface area (Å²) in [4.78, 5) is 25.1. The molecule has 43 heavy (non-hydrogen) atoms. The zero-order valence-electron chi connectivity index (χ0n) is 24.1. The minimum Gasteiger partial charge on any atom is -0.508 e. The smallest absolute Gasteiger partial charge is 0.407 e. The molecule has 0 bridgehead atoms. The number of sulfonamides is 1. The van der Waals surface area contributed by atoms with Gasteiger partial charge in [-0.15, -0.1) is 16.4 Å². The fourth-order valence-corrected chi connectivity index (χ4v) is 6.31. The van der Waals surface area contributed by atoms with Crippen LogP contribution in [-0.2, 0) is 43.8 Å². The van der Waals surface area contributed by atoms with E-state index in [0.717, 1.165) is 32.9 Å². The average molecular weight is 628 g/mol. The summed E-state index contributed by atoms with van der Waals surface area (Å²) in [6, 6.07) is 16.3. The molecule has 0 radical (unpaired) electrons. The number of nitrogens with one attached hydrogen (secondary N) is 2. The van der Waals surface area contributed by atoms with E-state index in [2.05, 4.69) is 20.4 Å². The van der Waals surface area contributed by atoms with Crippen LogP contribution in [0.15, 0.2) is 71.1 Å². The number of hydrogen-bond donors (Lipinski definition) is 3. The molecule has 0 aliphatic carbocycles. The van der Waals surface area contributed by atoms with Gasteiger partial charge in [-0.2, -0.15) is 0 Å². The van der Waals surface area contributed by atoms with Gasteiger partial charge in [0.05, 0.1) is 25.5 Å². The van der Waals surface area contributed by atoms with Crippen molar-refractivity contribution in [3.63, 3.8) is 0 Å². The first-order valence-corrected chi connectivity index (χ1v) is 15.5. The zero-order valence-corrected chi connectivity index (χ0v) is 25.7.